The van der Waals surface area contributed by atoms with Gasteiger partial charge in [0.1, 0.15) is 25.4 Å². The van der Waals surface area contributed by atoms with E-state index in [9.17, 15) is 43.5 Å². The van der Waals surface area contributed by atoms with Gasteiger partial charge in [0.05, 0.1) is 26.4 Å². The number of aliphatic hydroxyl groups excluding tert-OH is 2. The Labute approximate surface area is 577 Å². The Morgan fingerprint density at radius 3 is 0.926 bits per heavy atom. The average Bonchev–Trinajstić information content (AvgIpc) is 2.67. The van der Waals surface area contributed by atoms with Crippen molar-refractivity contribution >= 4 is 33.6 Å². The Morgan fingerprint density at radius 1 is 0.305 bits per heavy atom. The van der Waals surface area contributed by atoms with Gasteiger partial charge in [-0.2, -0.15) is 0 Å². The molecule has 0 aliphatic rings. The highest BCUT2D eigenvalue weighted by molar-refractivity contribution is 7.47. The number of hydrogen-bond acceptors (Lipinski definition) is 14. The molecule has 0 aromatic rings. The van der Waals surface area contributed by atoms with E-state index in [2.05, 4.69) is 130 Å². The molecule has 5 atom stereocenters. The lowest BCUT2D eigenvalue weighted by Gasteiger charge is -2.21. The Balaban J connectivity index is 4.44. The average molecular weight is 1380 g/mol. The molecule has 95 heavy (non-hydrogen) atoms. The van der Waals surface area contributed by atoms with Crippen molar-refractivity contribution in [1.82, 2.24) is 0 Å². The number of hydrogen-bond donors (Lipinski definition) is 4. The Bertz CT molecular complexity index is 2170. The topological polar surface area (TPSA) is 231 Å². The summed E-state index contributed by atoms with van der Waals surface area (Å²) in [6, 6.07) is 0. The van der Waals surface area contributed by atoms with Crippen molar-refractivity contribution in [3.63, 3.8) is 0 Å². The molecule has 0 aliphatic carbocycles. The zero-order valence-corrected chi connectivity index (χ0v) is 61.4. The second-order valence-corrected chi connectivity index (χ2v) is 27.6. The first-order chi connectivity index (χ1) is 46.2. The summed E-state index contributed by atoms with van der Waals surface area (Å²) < 4.78 is 60.9. The summed E-state index contributed by atoms with van der Waals surface area (Å²) >= 11 is 0. The lowest BCUT2D eigenvalue weighted by atomic mass is 10.0. The van der Waals surface area contributed by atoms with Crippen molar-refractivity contribution in [3.05, 3.63) is 109 Å². The second kappa shape index (κ2) is 70.1. The predicted octanol–water partition coefficient (Wildman–Crippen LogP) is 21.2. The Morgan fingerprint density at radius 2 is 0.568 bits per heavy atom. The molecule has 0 radical (unpaired) electrons. The van der Waals surface area contributed by atoms with Gasteiger partial charge in [0.2, 0.25) is 0 Å². The molecule has 0 saturated heterocycles. The monoisotopic (exact) mass is 1380 g/mol. The number of ether oxygens (including phenoxy) is 3. The number of allylic oxidation sites excluding steroid dienone is 18. The van der Waals surface area contributed by atoms with Crippen LogP contribution in [0.3, 0.4) is 0 Å². The van der Waals surface area contributed by atoms with E-state index in [0.29, 0.717) is 19.3 Å². The summed E-state index contributed by atoms with van der Waals surface area (Å²) in [5, 5.41) is 20.6. The van der Waals surface area contributed by atoms with Gasteiger partial charge < -0.3 is 34.2 Å². The van der Waals surface area contributed by atoms with Crippen molar-refractivity contribution < 1.29 is 75.8 Å². The molecule has 5 unspecified atom stereocenters. The maximum atomic E-state index is 12.9. The molecule has 0 aliphatic heterocycles. The highest BCUT2D eigenvalue weighted by atomic mass is 31.2. The molecule has 0 spiro atoms. The highest BCUT2D eigenvalue weighted by Crippen LogP contribution is 2.45. The maximum Gasteiger partial charge on any atom is 0.472 e. The van der Waals surface area contributed by atoms with Crippen LogP contribution in [0.4, 0.5) is 0 Å². The van der Waals surface area contributed by atoms with Gasteiger partial charge in [-0.05, 0) is 122 Å². The first-order valence-electron chi connectivity index (χ1n) is 37.2. The van der Waals surface area contributed by atoms with E-state index >= 15 is 0 Å². The minimum atomic E-state index is -4.93. The number of phosphoric ester groups is 2. The number of esters is 3. The van der Waals surface area contributed by atoms with Crippen LogP contribution in [0.5, 0.6) is 0 Å². The maximum absolute atomic E-state index is 12.9. The first kappa shape index (κ1) is 91.2. The fourth-order valence-corrected chi connectivity index (χ4v) is 11.3. The quantitative estimate of drug-likeness (QED) is 0.0146. The van der Waals surface area contributed by atoms with Crippen LogP contribution < -0.4 is 0 Å². The van der Waals surface area contributed by atoms with Crippen LogP contribution in [0.25, 0.3) is 0 Å². The number of phosphoric acid groups is 2. The fraction of sp³-hybridized carbons (Fsp3) is 0.727. The summed E-state index contributed by atoms with van der Waals surface area (Å²) in [4.78, 5) is 58.4. The third-order valence-corrected chi connectivity index (χ3v) is 17.4. The van der Waals surface area contributed by atoms with Crippen molar-refractivity contribution in [2.24, 2.45) is 0 Å². The molecule has 548 valence electrons. The first-order valence-corrected chi connectivity index (χ1v) is 40.2. The second-order valence-electron chi connectivity index (χ2n) is 24.7. The molecule has 16 nitrogen and oxygen atoms in total. The summed E-state index contributed by atoms with van der Waals surface area (Å²) in [5.41, 5.74) is 0. The van der Waals surface area contributed by atoms with E-state index < -0.39 is 91.5 Å². The normalized spacial score (nSPS) is 14.7. The lowest BCUT2D eigenvalue weighted by Crippen LogP contribution is -2.30. The van der Waals surface area contributed by atoms with Crippen LogP contribution in [0, 0.1) is 0 Å². The van der Waals surface area contributed by atoms with E-state index in [0.717, 1.165) is 154 Å². The zero-order valence-electron chi connectivity index (χ0n) is 59.6. The number of rotatable bonds is 70. The van der Waals surface area contributed by atoms with E-state index in [1.54, 1.807) is 0 Å². The summed E-state index contributed by atoms with van der Waals surface area (Å²) in [6.07, 6.45) is 80.1. The standard InChI is InChI=1S/C77H134O16P2/c1-4-7-10-13-16-19-22-24-26-28-30-31-32-33-34-35-36-37-38-39-41-43-44-46-49-51-54-57-60-63-75(80)87-66-72(78)67-89-94(83,84)90-68-73(79)69-91-95(85,86)92-71-74(93-77(82)65-62-59-56-53-48-21-18-15-12-9-6-3)70-88-76(81)64-61-58-55-52-50-47-45-42-40-29-27-25-23-20-17-14-11-8-5-2/h7,10,15-20,24-27,30-31,33-34,40,42,72-74,78-79H,4-6,8-9,11-14,21-23,28-29,32,35-39,41,43-71H2,1-3H3,(H,83,84)(H,85,86)/b10-7-,18-15-,19-16-,20-17-,26-24-,27-25-,31-30-,34-33-,42-40-. The molecule has 18 heteroatoms. The van der Waals surface area contributed by atoms with E-state index in [1.165, 1.54) is 89.9 Å². The van der Waals surface area contributed by atoms with Gasteiger partial charge in [0, 0.05) is 19.3 Å². The molecule has 0 bridgehead atoms. The SMILES string of the molecule is CC/C=C\C/C=C\C/C=C\C/C=C\C/C=C\CCCCCCCCCCCCCCCC(=O)OCC(O)COP(=O)(O)OCC(O)COP(=O)(O)OCC(COC(=O)CCCCCCCC/C=C\C/C=C\C/C=C\CCCCC)OC(=O)CCCCCCC/C=C\CCCC. The van der Waals surface area contributed by atoms with Crippen molar-refractivity contribution in [2.75, 3.05) is 39.6 Å². The van der Waals surface area contributed by atoms with Gasteiger partial charge in [-0.25, -0.2) is 9.13 Å². The van der Waals surface area contributed by atoms with Crippen LogP contribution >= 0.6 is 15.6 Å². The molecule has 0 saturated carbocycles. The molecule has 0 amide bonds. The van der Waals surface area contributed by atoms with E-state index in [4.69, 9.17) is 32.3 Å². The number of carbonyl (C=O) groups excluding carboxylic acids is 3. The number of carbonyl (C=O) groups is 3. The third kappa shape index (κ3) is 71.3. The van der Waals surface area contributed by atoms with Crippen molar-refractivity contribution in [2.45, 2.75) is 322 Å². The zero-order chi connectivity index (χ0) is 69.5. The van der Waals surface area contributed by atoms with Crippen LogP contribution in [-0.2, 0) is 55.8 Å². The molecular formula is C77H134O16P2. The third-order valence-electron chi connectivity index (χ3n) is 15.5. The minimum absolute atomic E-state index is 0.0907. The molecule has 4 N–H and O–H groups in total. The van der Waals surface area contributed by atoms with Gasteiger partial charge in [0.15, 0.2) is 6.10 Å². The summed E-state index contributed by atoms with van der Waals surface area (Å²) in [7, 11) is -9.78. The van der Waals surface area contributed by atoms with Gasteiger partial charge in [-0.15, -0.1) is 0 Å². The van der Waals surface area contributed by atoms with E-state index in [-0.39, 0.29) is 19.3 Å². The van der Waals surface area contributed by atoms with Crippen molar-refractivity contribution in [3.8, 4) is 0 Å². The molecular weight excluding hydrogens is 1240 g/mol. The van der Waals surface area contributed by atoms with Gasteiger partial charge in [-0.1, -0.05) is 271 Å². The minimum Gasteiger partial charge on any atom is -0.463 e. The number of unbranched alkanes of at least 4 members (excludes halogenated alkanes) is 29. The van der Waals surface area contributed by atoms with E-state index in [1.807, 2.05) is 0 Å². The van der Waals surface area contributed by atoms with Gasteiger partial charge >= 0.3 is 33.6 Å². The Hall–Kier alpha value is -3.79. The number of aliphatic hydroxyl groups is 2. The fourth-order valence-electron chi connectivity index (χ4n) is 9.76. The van der Waals surface area contributed by atoms with Gasteiger partial charge in [0.25, 0.3) is 0 Å². The molecule has 0 rings (SSSR count). The van der Waals surface area contributed by atoms with Crippen LogP contribution in [-0.4, -0.2) is 95.9 Å². The van der Waals surface area contributed by atoms with Crippen molar-refractivity contribution in [1.29, 1.82) is 0 Å². The molecule has 0 fully saturated rings. The summed E-state index contributed by atoms with van der Waals surface area (Å²) in [5.74, 6) is -1.60. The predicted molar refractivity (Wildman–Crippen MR) is 390 cm³/mol. The lowest BCUT2D eigenvalue weighted by molar-refractivity contribution is -0.161. The van der Waals surface area contributed by atoms with Gasteiger partial charge in [-0.3, -0.25) is 32.5 Å². The van der Waals surface area contributed by atoms with Crippen LogP contribution in [0.2, 0.25) is 0 Å². The molecule has 0 aromatic carbocycles. The Kier molecular flexibility index (Phi) is 67.3. The molecule has 0 aromatic heterocycles. The molecule has 0 heterocycles. The van der Waals surface area contributed by atoms with Crippen LogP contribution in [0.15, 0.2) is 109 Å². The highest BCUT2D eigenvalue weighted by Gasteiger charge is 2.29. The largest absolute Gasteiger partial charge is 0.472 e. The smallest absolute Gasteiger partial charge is 0.463 e. The van der Waals surface area contributed by atoms with Crippen LogP contribution in [0.1, 0.15) is 303 Å². The summed E-state index contributed by atoms with van der Waals surface area (Å²) in [6.45, 7) is 2.47.